The molecule has 128 valence electrons. The third-order valence-electron chi connectivity index (χ3n) is 3.35. The van der Waals surface area contributed by atoms with Gasteiger partial charge in [-0.3, -0.25) is 29.4 Å². The van der Waals surface area contributed by atoms with Gasteiger partial charge in [-0.1, -0.05) is 39.8 Å². The van der Waals surface area contributed by atoms with Crippen LogP contribution in [0.25, 0.3) is 0 Å². The van der Waals surface area contributed by atoms with E-state index in [4.69, 9.17) is 0 Å². The van der Waals surface area contributed by atoms with E-state index in [1.165, 1.54) is 0 Å². The summed E-state index contributed by atoms with van der Waals surface area (Å²) in [6.07, 6.45) is 0.306. The SMILES string of the molecule is CC(C)(C)C.O=C1CCC(N2C(=O)c3ccccc3C2=O)C(=O)N1. The highest BCUT2D eigenvalue weighted by Gasteiger charge is 2.44. The normalized spacial score (nSPS) is 20.3. The number of piperidine rings is 1. The van der Waals surface area contributed by atoms with Crippen molar-refractivity contribution < 1.29 is 19.2 Å². The van der Waals surface area contributed by atoms with Crippen molar-refractivity contribution in [2.24, 2.45) is 5.41 Å². The molecule has 2 aliphatic heterocycles. The van der Waals surface area contributed by atoms with Gasteiger partial charge in [-0.15, -0.1) is 0 Å². The molecule has 1 aromatic carbocycles. The molecule has 1 aromatic rings. The fraction of sp³-hybridized carbons (Fsp3) is 0.444. The second-order valence-corrected chi connectivity index (χ2v) is 7.49. The Balaban J connectivity index is 0.000000368. The average molecular weight is 330 g/mol. The Bertz CT molecular complexity index is 662. The predicted molar refractivity (Wildman–Crippen MR) is 88.2 cm³/mol. The Morgan fingerprint density at radius 1 is 0.958 bits per heavy atom. The molecule has 0 aromatic heterocycles. The van der Waals surface area contributed by atoms with E-state index in [1.54, 1.807) is 24.3 Å². The number of rotatable bonds is 1. The molecular weight excluding hydrogens is 308 g/mol. The number of fused-ring (bicyclic) bond motifs is 1. The van der Waals surface area contributed by atoms with Crippen molar-refractivity contribution in [3.8, 4) is 0 Å². The number of nitrogens with one attached hydrogen (secondary N) is 1. The Kier molecular flexibility index (Phi) is 4.87. The van der Waals surface area contributed by atoms with E-state index in [9.17, 15) is 19.2 Å². The molecule has 1 atom stereocenters. The minimum atomic E-state index is -0.898. The van der Waals surface area contributed by atoms with Gasteiger partial charge in [0.15, 0.2) is 0 Å². The zero-order valence-corrected chi connectivity index (χ0v) is 14.4. The topological polar surface area (TPSA) is 83.6 Å². The van der Waals surface area contributed by atoms with Crippen LogP contribution in [0.15, 0.2) is 24.3 Å². The lowest BCUT2D eigenvalue weighted by Gasteiger charge is -2.27. The van der Waals surface area contributed by atoms with Gasteiger partial charge in [0.2, 0.25) is 11.8 Å². The van der Waals surface area contributed by atoms with Crippen molar-refractivity contribution >= 4 is 23.6 Å². The van der Waals surface area contributed by atoms with Crippen LogP contribution in [0.5, 0.6) is 0 Å². The molecule has 0 aliphatic carbocycles. The van der Waals surface area contributed by atoms with E-state index < -0.39 is 23.8 Å². The average Bonchev–Trinajstić information content (AvgIpc) is 2.71. The van der Waals surface area contributed by atoms with Crippen molar-refractivity contribution in [1.82, 2.24) is 10.2 Å². The van der Waals surface area contributed by atoms with Crippen LogP contribution in [0.1, 0.15) is 61.3 Å². The summed E-state index contributed by atoms with van der Waals surface area (Å²) >= 11 is 0. The summed E-state index contributed by atoms with van der Waals surface area (Å²) < 4.78 is 0. The molecule has 1 N–H and O–H groups in total. The molecule has 24 heavy (non-hydrogen) atoms. The summed E-state index contributed by atoms with van der Waals surface area (Å²) in [5, 5.41) is 2.15. The fourth-order valence-corrected chi connectivity index (χ4v) is 2.42. The Labute approximate surface area is 141 Å². The number of hydrogen-bond acceptors (Lipinski definition) is 4. The molecule has 0 radical (unpaired) electrons. The van der Waals surface area contributed by atoms with Crippen LogP contribution >= 0.6 is 0 Å². The molecule has 0 spiro atoms. The summed E-state index contributed by atoms with van der Waals surface area (Å²) in [4.78, 5) is 48.1. The van der Waals surface area contributed by atoms with Gasteiger partial charge < -0.3 is 0 Å². The highest BCUT2D eigenvalue weighted by Crippen LogP contribution is 2.26. The van der Waals surface area contributed by atoms with E-state index in [2.05, 4.69) is 33.0 Å². The number of amides is 4. The van der Waals surface area contributed by atoms with Gasteiger partial charge in [-0.05, 0) is 24.0 Å². The van der Waals surface area contributed by atoms with E-state index in [1.807, 2.05) is 0 Å². The molecule has 0 bridgehead atoms. The summed E-state index contributed by atoms with van der Waals surface area (Å²) in [5.41, 5.74) is 1.11. The molecule has 6 heteroatoms. The molecule has 1 unspecified atom stereocenters. The third kappa shape index (κ3) is 3.88. The maximum Gasteiger partial charge on any atom is 0.262 e. The zero-order chi connectivity index (χ0) is 18.1. The molecular formula is C18H22N2O4. The van der Waals surface area contributed by atoms with Gasteiger partial charge in [0.1, 0.15) is 6.04 Å². The minimum absolute atomic E-state index is 0.129. The van der Waals surface area contributed by atoms with Crippen LogP contribution in [0.2, 0.25) is 0 Å². The second kappa shape index (κ2) is 6.55. The number of carbonyl (C=O) groups is 4. The lowest BCUT2D eigenvalue weighted by Crippen LogP contribution is -2.54. The summed E-state index contributed by atoms with van der Waals surface area (Å²) in [5.74, 6) is -1.92. The summed E-state index contributed by atoms with van der Waals surface area (Å²) in [7, 11) is 0. The van der Waals surface area contributed by atoms with Gasteiger partial charge in [-0.2, -0.15) is 0 Å². The van der Waals surface area contributed by atoms with Crippen molar-refractivity contribution in [2.45, 2.75) is 46.6 Å². The van der Waals surface area contributed by atoms with Crippen molar-refractivity contribution in [3.05, 3.63) is 35.4 Å². The van der Waals surface area contributed by atoms with Crippen LogP contribution < -0.4 is 5.32 Å². The molecule has 2 heterocycles. The first-order chi connectivity index (χ1) is 11.1. The molecule has 1 saturated heterocycles. The molecule has 6 nitrogen and oxygen atoms in total. The summed E-state index contributed by atoms with van der Waals surface area (Å²) in [6.45, 7) is 8.75. The van der Waals surface area contributed by atoms with Crippen LogP contribution in [-0.4, -0.2) is 34.6 Å². The summed E-state index contributed by atoms with van der Waals surface area (Å²) in [6, 6.07) is 5.55. The highest BCUT2D eigenvalue weighted by molar-refractivity contribution is 6.23. The number of carbonyl (C=O) groups excluding carboxylic acids is 4. The molecule has 0 saturated carbocycles. The van der Waals surface area contributed by atoms with Crippen LogP contribution in [-0.2, 0) is 9.59 Å². The Morgan fingerprint density at radius 2 is 1.42 bits per heavy atom. The number of benzene rings is 1. The zero-order valence-electron chi connectivity index (χ0n) is 14.4. The van der Waals surface area contributed by atoms with E-state index in [0.29, 0.717) is 16.5 Å². The quantitative estimate of drug-likeness (QED) is 0.800. The first-order valence-corrected chi connectivity index (χ1v) is 7.90. The van der Waals surface area contributed by atoms with Gasteiger partial charge >= 0.3 is 0 Å². The van der Waals surface area contributed by atoms with E-state index in [0.717, 1.165) is 4.90 Å². The monoisotopic (exact) mass is 330 g/mol. The van der Waals surface area contributed by atoms with E-state index in [-0.39, 0.29) is 18.7 Å². The highest BCUT2D eigenvalue weighted by atomic mass is 16.2. The lowest BCUT2D eigenvalue weighted by molar-refractivity contribution is -0.136. The van der Waals surface area contributed by atoms with Gasteiger partial charge in [0.05, 0.1) is 11.1 Å². The van der Waals surface area contributed by atoms with Gasteiger partial charge in [0, 0.05) is 6.42 Å². The third-order valence-corrected chi connectivity index (χ3v) is 3.35. The maximum absolute atomic E-state index is 12.2. The Hall–Kier alpha value is -2.50. The standard InChI is InChI=1S/C13H10N2O4.C5H12/c16-10-6-5-9(11(17)14-10)15-12(18)7-3-1-2-4-8(7)13(15)19;1-5(2,3)4/h1-4,9H,5-6H2,(H,14,16,17);1-4H3. The fourth-order valence-electron chi connectivity index (χ4n) is 2.42. The number of nitrogens with zero attached hydrogens (tertiary/aromatic N) is 1. The smallest absolute Gasteiger partial charge is 0.262 e. The Morgan fingerprint density at radius 3 is 1.83 bits per heavy atom. The largest absolute Gasteiger partial charge is 0.295 e. The van der Waals surface area contributed by atoms with Crippen LogP contribution in [0, 0.1) is 5.41 Å². The first-order valence-electron chi connectivity index (χ1n) is 7.90. The van der Waals surface area contributed by atoms with Crippen LogP contribution in [0.4, 0.5) is 0 Å². The number of imide groups is 2. The van der Waals surface area contributed by atoms with Crippen molar-refractivity contribution in [2.75, 3.05) is 0 Å². The maximum atomic E-state index is 12.2. The minimum Gasteiger partial charge on any atom is -0.295 e. The second-order valence-electron chi connectivity index (χ2n) is 7.49. The van der Waals surface area contributed by atoms with Crippen molar-refractivity contribution in [1.29, 1.82) is 0 Å². The first kappa shape index (κ1) is 17.8. The van der Waals surface area contributed by atoms with Crippen LogP contribution in [0.3, 0.4) is 0 Å². The van der Waals surface area contributed by atoms with Crippen molar-refractivity contribution in [3.63, 3.8) is 0 Å². The lowest BCUT2D eigenvalue weighted by atomic mass is 10.0. The molecule has 2 aliphatic rings. The predicted octanol–water partition coefficient (Wildman–Crippen LogP) is 2.14. The van der Waals surface area contributed by atoms with Gasteiger partial charge in [0.25, 0.3) is 11.8 Å². The number of hydrogen-bond donors (Lipinski definition) is 1. The molecule has 3 rings (SSSR count). The molecule has 4 amide bonds. The van der Waals surface area contributed by atoms with E-state index >= 15 is 0 Å². The van der Waals surface area contributed by atoms with Gasteiger partial charge in [-0.25, -0.2) is 0 Å². The molecule has 1 fully saturated rings.